The van der Waals surface area contributed by atoms with Gasteiger partial charge in [0, 0.05) is 19.1 Å². The zero-order valence-electron chi connectivity index (χ0n) is 13.1. The first-order valence-corrected chi connectivity index (χ1v) is 8.28. The summed E-state index contributed by atoms with van der Waals surface area (Å²) in [4.78, 5) is 16.5. The number of hydrogen-bond acceptors (Lipinski definition) is 3. The molecule has 0 radical (unpaired) electrons. The first-order chi connectivity index (χ1) is 9.61. The lowest BCUT2D eigenvalue weighted by Crippen LogP contribution is -2.46. The molecule has 1 unspecified atom stereocenters. The SMILES string of the molecule is CCN(C(=O)CN(C)CC(O)C1CC1)C1CCCCC1. The number of amides is 1. The van der Waals surface area contributed by atoms with E-state index in [0.717, 1.165) is 32.2 Å². The van der Waals surface area contributed by atoms with Gasteiger partial charge in [-0.1, -0.05) is 19.3 Å². The molecule has 0 spiro atoms. The second kappa shape index (κ2) is 7.41. The zero-order valence-corrected chi connectivity index (χ0v) is 13.1. The largest absolute Gasteiger partial charge is 0.392 e. The summed E-state index contributed by atoms with van der Waals surface area (Å²) in [6.07, 6.45) is 8.18. The summed E-state index contributed by atoms with van der Waals surface area (Å²) in [6.45, 7) is 3.95. The van der Waals surface area contributed by atoms with Gasteiger partial charge in [-0.2, -0.15) is 0 Å². The van der Waals surface area contributed by atoms with Crippen molar-refractivity contribution in [2.75, 3.05) is 26.7 Å². The number of rotatable bonds is 7. The maximum atomic E-state index is 12.5. The first kappa shape index (κ1) is 15.8. The van der Waals surface area contributed by atoms with Crippen LogP contribution in [0.5, 0.6) is 0 Å². The van der Waals surface area contributed by atoms with Crippen LogP contribution in [0.25, 0.3) is 0 Å². The van der Waals surface area contributed by atoms with Gasteiger partial charge < -0.3 is 10.0 Å². The molecule has 2 fully saturated rings. The fourth-order valence-corrected chi connectivity index (χ4v) is 3.37. The first-order valence-electron chi connectivity index (χ1n) is 8.28. The Bertz CT molecular complexity index is 312. The number of carbonyl (C=O) groups excluding carboxylic acids is 1. The van der Waals surface area contributed by atoms with Crippen molar-refractivity contribution < 1.29 is 9.90 Å². The molecular formula is C16H30N2O2. The van der Waals surface area contributed by atoms with Gasteiger partial charge in [-0.05, 0) is 45.6 Å². The summed E-state index contributed by atoms with van der Waals surface area (Å²) in [5.41, 5.74) is 0. The van der Waals surface area contributed by atoms with E-state index in [0.29, 0.717) is 25.0 Å². The van der Waals surface area contributed by atoms with Crippen LogP contribution in [0, 0.1) is 5.92 Å². The van der Waals surface area contributed by atoms with Crippen LogP contribution in [0.2, 0.25) is 0 Å². The molecule has 1 amide bonds. The van der Waals surface area contributed by atoms with Crippen LogP contribution >= 0.6 is 0 Å². The molecule has 116 valence electrons. The van der Waals surface area contributed by atoms with E-state index in [1.807, 2.05) is 11.9 Å². The van der Waals surface area contributed by atoms with Crippen molar-refractivity contribution in [1.29, 1.82) is 0 Å². The summed E-state index contributed by atoms with van der Waals surface area (Å²) in [5, 5.41) is 9.95. The van der Waals surface area contributed by atoms with Crippen molar-refractivity contribution in [2.45, 2.75) is 64.0 Å². The highest BCUT2D eigenvalue weighted by Crippen LogP contribution is 2.32. The minimum Gasteiger partial charge on any atom is -0.392 e. The second-order valence-electron chi connectivity index (χ2n) is 6.57. The van der Waals surface area contributed by atoms with Crippen LogP contribution in [-0.4, -0.2) is 59.6 Å². The molecule has 0 saturated heterocycles. The molecule has 0 aromatic carbocycles. The molecular weight excluding hydrogens is 252 g/mol. The number of aliphatic hydroxyl groups excluding tert-OH is 1. The minimum atomic E-state index is -0.252. The summed E-state index contributed by atoms with van der Waals surface area (Å²) in [5.74, 6) is 0.707. The highest BCUT2D eigenvalue weighted by molar-refractivity contribution is 5.78. The van der Waals surface area contributed by atoms with Crippen molar-refractivity contribution in [2.24, 2.45) is 5.92 Å². The Hall–Kier alpha value is -0.610. The van der Waals surface area contributed by atoms with E-state index in [9.17, 15) is 9.90 Å². The lowest BCUT2D eigenvalue weighted by molar-refractivity contribution is -0.135. The Morgan fingerprint density at radius 2 is 1.85 bits per heavy atom. The number of nitrogens with zero attached hydrogens (tertiary/aromatic N) is 2. The van der Waals surface area contributed by atoms with Crippen molar-refractivity contribution in [3.8, 4) is 0 Å². The Balaban J connectivity index is 1.78. The maximum absolute atomic E-state index is 12.5. The van der Waals surface area contributed by atoms with E-state index >= 15 is 0 Å². The summed E-state index contributed by atoms with van der Waals surface area (Å²) in [6, 6.07) is 0.447. The van der Waals surface area contributed by atoms with Crippen LogP contribution < -0.4 is 0 Å². The standard InChI is InChI=1S/C16H30N2O2/c1-3-18(14-7-5-4-6-8-14)16(20)12-17(2)11-15(19)13-9-10-13/h13-15,19H,3-12H2,1-2H3. The van der Waals surface area contributed by atoms with E-state index in [1.165, 1.54) is 19.3 Å². The maximum Gasteiger partial charge on any atom is 0.236 e. The highest BCUT2D eigenvalue weighted by atomic mass is 16.3. The monoisotopic (exact) mass is 282 g/mol. The molecule has 0 bridgehead atoms. The number of likely N-dealkylation sites (N-methyl/N-ethyl adjacent to an activating group) is 2. The van der Waals surface area contributed by atoms with Gasteiger partial charge in [0.1, 0.15) is 0 Å². The van der Waals surface area contributed by atoms with Gasteiger partial charge >= 0.3 is 0 Å². The third-order valence-corrected chi connectivity index (χ3v) is 4.75. The van der Waals surface area contributed by atoms with Crippen molar-refractivity contribution in [1.82, 2.24) is 9.80 Å². The Labute approximate surface area is 123 Å². The van der Waals surface area contributed by atoms with Gasteiger partial charge in [-0.15, -0.1) is 0 Å². The molecule has 4 heteroatoms. The van der Waals surface area contributed by atoms with E-state index < -0.39 is 0 Å². The fraction of sp³-hybridized carbons (Fsp3) is 0.938. The van der Waals surface area contributed by atoms with Crippen LogP contribution in [0.4, 0.5) is 0 Å². The van der Waals surface area contributed by atoms with Gasteiger partial charge in [0.2, 0.25) is 5.91 Å². The molecule has 0 heterocycles. The smallest absolute Gasteiger partial charge is 0.236 e. The van der Waals surface area contributed by atoms with E-state index in [2.05, 4.69) is 11.8 Å². The quantitative estimate of drug-likeness (QED) is 0.775. The molecule has 1 N–H and O–H groups in total. The molecule has 2 aliphatic rings. The molecule has 0 aromatic heterocycles. The van der Waals surface area contributed by atoms with Gasteiger partial charge in [-0.25, -0.2) is 0 Å². The predicted molar refractivity (Wildman–Crippen MR) is 80.5 cm³/mol. The molecule has 0 aromatic rings. The van der Waals surface area contributed by atoms with Crippen molar-refractivity contribution in [3.05, 3.63) is 0 Å². The van der Waals surface area contributed by atoms with Crippen LogP contribution in [0.15, 0.2) is 0 Å². The second-order valence-corrected chi connectivity index (χ2v) is 6.57. The van der Waals surface area contributed by atoms with Gasteiger partial charge in [0.15, 0.2) is 0 Å². The van der Waals surface area contributed by atoms with Crippen LogP contribution in [-0.2, 0) is 4.79 Å². The third-order valence-electron chi connectivity index (χ3n) is 4.75. The molecule has 2 aliphatic carbocycles. The summed E-state index contributed by atoms with van der Waals surface area (Å²) < 4.78 is 0. The number of carbonyl (C=O) groups is 1. The van der Waals surface area contributed by atoms with Crippen LogP contribution in [0.3, 0.4) is 0 Å². The van der Waals surface area contributed by atoms with E-state index in [-0.39, 0.29) is 12.0 Å². The average Bonchev–Trinajstić information content (AvgIpc) is 3.24. The Morgan fingerprint density at radius 1 is 1.20 bits per heavy atom. The number of hydrogen-bond donors (Lipinski definition) is 1. The van der Waals surface area contributed by atoms with Crippen molar-refractivity contribution >= 4 is 5.91 Å². The zero-order chi connectivity index (χ0) is 14.5. The van der Waals surface area contributed by atoms with Crippen LogP contribution in [0.1, 0.15) is 51.9 Å². The fourth-order valence-electron chi connectivity index (χ4n) is 3.37. The van der Waals surface area contributed by atoms with Gasteiger partial charge in [0.05, 0.1) is 12.6 Å². The lowest BCUT2D eigenvalue weighted by Gasteiger charge is -2.34. The summed E-state index contributed by atoms with van der Waals surface area (Å²) in [7, 11) is 1.94. The third kappa shape index (κ3) is 4.45. The topological polar surface area (TPSA) is 43.8 Å². The Kier molecular flexibility index (Phi) is 5.85. The van der Waals surface area contributed by atoms with E-state index in [1.54, 1.807) is 0 Å². The molecule has 2 rings (SSSR count). The molecule has 0 aliphatic heterocycles. The number of aliphatic hydroxyl groups is 1. The molecule has 2 saturated carbocycles. The minimum absolute atomic E-state index is 0.227. The van der Waals surface area contributed by atoms with Gasteiger partial charge in [-0.3, -0.25) is 9.69 Å². The molecule has 1 atom stereocenters. The van der Waals surface area contributed by atoms with Gasteiger partial charge in [0.25, 0.3) is 0 Å². The van der Waals surface area contributed by atoms with E-state index in [4.69, 9.17) is 0 Å². The molecule has 20 heavy (non-hydrogen) atoms. The Morgan fingerprint density at radius 3 is 2.40 bits per heavy atom. The van der Waals surface area contributed by atoms with Crippen molar-refractivity contribution in [3.63, 3.8) is 0 Å². The predicted octanol–water partition coefficient (Wildman–Crippen LogP) is 1.87. The normalized spacial score (nSPS) is 22.0. The highest BCUT2D eigenvalue weighted by Gasteiger charge is 2.31. The molecule has 4 nitrogen and oxygen atoms in total. The summed E-state index contributed by atoms with van der Waals surface area (Å²) >= 11 is 0. The average molecular weight is 282 g/mol. The lowest BCUT2D eigenvalue weighted by atomic mass is 9.94.